The highest BCUT2D eigenvalue weighted by Crippen LogP contribution is 2.20. The predicted octanol–water partition coefficient (Wildman–Crippen LogP) is 25.3. The second kappa shape index (κ2) is 73.8. The molecule has 6 heteroatoms. The van der Waals surface area contributed by atoms with Gasteiger partial charge in [-0.25, -0.2) is 0 Å². The Kier molecular flexibility index (Phi) is 72.3. The molecule has 2 unspecified atom stereocenters. The van der Waals surface area contributed by atoms with Gasteiger partial charge in [-0.1, -0.05) is 391 Å². The van der Waals surface area contributed by atoms with E-state index in [1.54, 1.807) is 6.08 Å². The molecule has 0 radical (unpaired) electrons. The molecule has 2 atom stereocenters. The Labute approximate surface area is 526 Å². The number of hydrogen-bond acceptors (Lipinski definition) is 5. The normalized spacial score (nSPS) is 12.6. The summed E-state index contributed by atoms with van der Waals surface area (Å²) in [5.41, 5.74) is 0. The van der Waals surface area contributed by atoms with E-state index in [1.165, 1.54) is 372 Å². The number of amides is 1. The van der Waals surface area contributed by atoms with Crippen LogP contribution in [0.5, 0.6) is 0 Å². The zero-order chi connectivity index (χ0) is 60.6. The lowest BCUT2D eigenvalue weighted by atomic mass is 10.0. The molecular formula is C78H151NO5. The zero-order valence-corrected chi connectivity index (χ0v) is 57.2. The number of aliphatic hydroxyl groups excluding tert-OH is 2. The van der Waals surface area contributed by atoms with E-state index in [-0.39, 0.29) is 18.5 Å². The Morgan fingerprint density at radius 1 is 0.321 bits per heavy atom. The van der Waals surface area contributed by atoms with Gasteiger partial charge in [0.2, 0.25) is 5.91 Å². The highest BCUT2D eigenvalue weighted by Gasteiger charge is 2.18. The summed E-state index contributed by atoms with van der Waals surface area (Å²) in [6.45, 7) is 4.91. The quantitative estimate of drug-likeness (QED) is 0.0320. The van der Waals surface area contributed by atoms with Crippen LogP contribution in [-0.4, -0.2) is 47.4 Å². The number of aliphatic hydroxyl groups is 2. The fourth-order valence-corrected chi connectivity index (χ4v) is 12.3. The Balaban J connectivity index is 3.26. The number of allylic oxidation sites excluding steroid dienone is 3. The highest BCUT2D eigenvalue weighted by molar-refractivity contribution is 5.76. The van der Waals surface area contributed by atoms with E-state index in [1.807, 2.05) is 6.08 Å². The van der Waals surface area contributed by atoms with Crippen molar-refractivity contribution in [2.45, 2.75) is 450 Å². The summed E-state index contributed by atoms with van der Waals surface area (Å²) in [5, 5.41) is 23.0. The van der Waals surface area contributed by atoms with Gasteiger partial charge in [0.05, 0.1) is 25.4 Å². The molecule has 0 saturated carbocycles. The molecule has 6 nitrogen and oxygen atoms in total. The van der Waals surface area contributed by atoms with Crippen molar-refractivity contribution >= 4 is 11.9 Å². The van der Waals surface area contributed by atoms with Crippen LogP contribution < -0.4 is 5.32 Å². The van der Waals surface area contributed by atoms with Gasteiger partial charge in [-0.05, 0) is 57.8 Å². The van der Waals surface area contributed by atoms with Crippen LogP contribution in [0.15, 0.2) is 24.3 Å². The number of hydrogen-bond donors (Lipinski definition) is 3. The fraction of sp³-hybridized carbons (Fsp3) is 0.923. The Hall–Kier alpha value is -1.66. The average Bonchev–Trinajstić information content (AvgIpc) is 3.51. The van der Waals surface area contributed by atoms with E-state index < -0.39 is 12.1 Å². The van der Waals surface area contributed by atoms with Crippen LogP contribution in [0.4, 0.5) is 0 Å². The van der Waals surface area contributed by atoms with Gasteiger partial charge in [0.25, 0.3) is 0 Å². The lowest BCUT2D eigenvalue weighted by molar-refractivity contribution is -0.143. The highest BCUT2D eigenvalue weighted by atomic mass is 16.5. The summed E-state index contributed by atoms with van der Waals surface area (Å²) in [5.74, 6) is -0.0384. The number of carbonyl (C=O) groups is 2. The van der Waals surface area contributed by atoms with Crippen molar-refractivity contribution in [1.82, 2.24) is 5.32 Å². The molecular weight excluding hydrogens is 1030 g/mol. The fourth-order valence-electron chi connectivity index (χ4n) is 12.3. The number of rotatable bonds is 73. The zero-order valence-electron chi connectivity index (χ0n) is 57.2. The smallest absolute Gasteiger partial charge is 0.305 e. The maximum atomic E-state index is 12.4. The van der Waals surface area contributed by atoms with E-state index in [4.69, 9.17) is 4.74 Å². The minimum Gasteiger partial charge on any atom is -0.466 e. The first-order valence-electron chi connectivity index (χ1n) is 38.6. The van der Waals surface area contributed by atoms with E-state index in [0.717, 1.165) is 38.5 Å². The molecule has 0 bridgehead atoms. The van der Waals surface area contributed by atoms with Gasteiger partial charge < -0.3 is 20.3 Å². The SMILES string of the molecule is CCCCCCCC/C=C\CCCCCCCCCCCC(=O)OCCCCCCCCCCCCCCCCCCCCCCCCCCCCCCCCCCCCCCCCCC(=O)NC(CO)C(O)/C=C/CCCCCCCCC. The average molecular weight is 1180 g/mol. The topological polar surface area (TPSA) is 95.9 Å². The number of ether oxygens (including phenoxy) is 1. The summed E-state index contributed by atoms with van der Waals surface area (Å²) in [6, 6.07) is -0.620. The van der Waals surface area contributed by atoms with Gasteiger partial charge in [-0.3, -0.25) is 9.59 Å². The van der Waals surface area contributed by atoms with E-state index in [9.17, 15) is 19.8 Å². The van der Waals surface area contributed by atoms with Crippen molar-refractivity contribution in [2.75, 3.05) is 13.2 Å². The van der Waals surface area contributed by atoms with Gasteiger partial charge in [0, 0.05) is 12.8 Å². The molecule has 0 saturated heterocycles. The Morgan fingerprint density at radius 3 is 0.845 bits per heavy atom. The molecule has 0 spiro atoms. The van der Waals surface area contributed by atoms with Crippen LogP contribution in [0.1, 0.15) is 438 Å². The molecule has 0 aliphatic carbocycles. The summed E-state index contributed by atoms with van der Waals surface area (Å²) in [7, 11) is 0. The minimum atomic E-state index is -0.837. The predicted molar refractivity (Wildman–Crippen MR) is 370 cm³/mol. The van der Waals surface area contributed by atoms with Gasteiger partial charge in [0.15, 0.2) is 0 Å². The molecule has 0 aromatic rings. The standard InChI is InChI=1S/C78H151NO5/c1-3-5-7-9-11-13-14-15-16-17-39-43-46-49-52-56-60-64-68-72-78(83)84-73-69-65-61-57-53-50-47-44-41-38-36-34-32-30-28-26-24-22-20-18-19-21-23-25-27-29-31-33-35-37-40-42-45-48-51-55-59-63-67-71-77(82)79-75(74-80)76(81)70-66-62-58-54-12-10-8-6-4-2/h15-16,66,70,75-76,80-81H,3-14,17-65,67-69,71-74H2,1-2H3,(H,79,82)/b16-15-,70-66+. The summed E-state index contributed by atoms with van der Waals surface area (Å²) in [4.78, 5) is 24.5. The maximum Gasteiger partial charge on any atom is 0.305 e. The Morgan fingerprint density at radius 2 is 0.560 bits per heavy atom. The molecule has 0 heterocycles. The van der Waals surface area contributed by atoms with Crippen molar-refractivity contribution in [3.8, 4) is 0 Å². The first kappa shape index (κ1) is 82.3. The molecule has 498 valence electrons. The van der Waals surface area contributed by atoms with E-state index in [0.29, 0.717) is 19.4 Å². The van der Waals surface area contributed by atoms with Gasteiger partial charge >= 0.3 is 5.97 Å². The van der Waals surface area contributed by atoms with Crippen molar-refractivity contribution < 1.29 is 24.5 Å². The number of carbonyl (C=O) groups excluding carboxylic acids is 2. The van der Waals surface area contributed by atoms with Gasteiger partial charge in [0.1, 0.15) is 0 Å². The monoisotopic (exact) mass is 1180 g/mol. The third-order valence-electron chi connectivity index (χ3n) is 18.2. The van der Waals surface area contributed by atoms with Crippen LogP contribution in [-0.2, 0) is 14.3 Å². The van der Waals surface area contributed by atoms with Crippen LogP contribution in [0.25, 0.3) is 0 Å². The number of nitrogens with one attached hydrogen (secondary N) is 1. The first-order chi connectivity index (χ1) is 41.5. The summed E-state index contributed by atoms with van der Waals surface area (Å²) in [6.07, 6.45) is 94.7. The minimum absolute atomic E-state index is 0.0242. The lowest BCUT2D eigenvalue weighted by Crippen LogP contribution is -2.45. The molecule has 0 rings (SSSR count). The summed E-state index contributed by atoms with van der Waals surface area (Å²) < 4.78 is 5.52. The van der Waals surface area contributed by atoms with Crippen molar-refractivity contribution in [3.63, 3.8) is 0 Å². The molecule has 0 fully saturated rings. The van der Waals surface area contributed by atoms with Crippen LogP contribution in [0.2, 0.25) is 0 Å². The Bertz CT molecular complexity index is 1320. The van der Waals surface area contributed by atoms with Crippen LogP contribution in [0.3, 0.4) is 0 Å². The number of unbranched alkanes of at least 4 members (excludes halogenated alkanes) is 60. The van der Waals surface area contributed by atoms with E-state index in [2.05, 4.69) is 31.3 Å². The third-order valence-corrected chi connectivity index (χ3v) is 18.2. The number of esters is 1. The molecule has 0 aromatic carbocycles. The molecule has 0 aliphatic heterocycles. The molecule has 3 N–H and O–H groups in total. The largest absolute Gasteiger partial charge is 0.466 e. The first-order valence-corrected chi connectivity index (χ1v) is 38.6. The van der Waals surface area contributed by atoms with Gasteiger partial charge in [-0.15, -0.1) is 0 Å². The molecule has 1 amide bonds. The van der Waals surface area contributed by atoms with Crippen LogP contribution >= 0.6 is 0 Å². The molecule has 0 aromatic heterocycles. The van der Waals surface area contributed by atoms with Gasteiger partial charge in [-0.2, -0.15) is 0 Å². The summed E-state index contributed by atoms with van der Waals surface area (Å²) >= 11 is 0. The second-order valence-electron chi connectivity index (χ2n) is 26.7. The second-order valence-corrected chi connectivity index (χ2v) is 26.7. The third kappa shape index (κ3) is 69.4. The maximum absolute atomic E-state index is 12.4. The van der Waals surface area contributed by atoms with Crippen molar-refractivity contribution in [1.29, 1.82) is 0 Å². The van der Waals surface area contributed by atoms with Crippen molar-refractivity contribution in [2.24, 2.45) is 0 Å². The van der Waals surface area contributed by atoms with Crippen LogP contribution in [0, 0.1) is 0 Å². The van der Waals surface area contributed by atoms with Crippen molar-refractivity contribution in [3.05, 3.63) is 24.3 Å². The van der Waals surface area contributed by atoms with E-state index >= 15 is 0 Å². The lowest BCUT2D eigenvalue weighted by Gasteiger charge is -2.20. The molecule has 0 aliphatic rings. The molecule has 84 heavy (non-hydrogen) atoms.